The first-order chi connectivity index (χ1) is 12.4. The van der Waals surface area contributed by atoms with Gasteiger partial charge >= 0.3 is 0 Å². The van der Waals surface area contributed by atoms with Crippen molar-refractivity contribution < 1.29 is 9.59 Å². The summed E-state index contributed by atoms with van der Waals surface area (Å²) in [4.78, 5) is 27.2. The topological polar surface area (TPSA) is 49.4 Å². The van der Waals surface area contributed by atoms with Crippen molar-refractivity contribution in [3.05, 3.63) is 64.2 Å². The van der Waals surface area contributed by atoms with Crippen LogP contribution in [-0.4, -0.2) is 29.8 Å². The lowest BCUT2D eigenvalue weighted by Gasteiger charge is -2.30. The number of halogens is 1. The molecule has 1 fully saturated rings. The number of amides is 2. The van der Waals surface area contributed by atoms with Crippen LogP contribution in [0.3, 0.4) is 0 Å². The number of benzene rings is 2. The van der Waals surface area contributed by atoms with Gasteiger partial charge in [0, 0.05) is 34.9 Å². The first-order valence-electron chi connectivity index (χ1n) is 8.91. The van der Waals surface area contributed by atoms with Gasteiger partial charge in [0.25, 0.3) is 11.8 Å². The van der Waals surface area contributed by atoms with Gasteiger partial charge in [0.1, 0.15) is 0 Å². The molecule has 0 spiro atoms. The Morgan fingerprint density at radius 2 is 1.77 bits per heavy atom. The molecule has 26 heavy (non-hydrogen) atoms. The Bertz CT molecular complexity index is 827. The summed E-state index contributed by atoms with van der Waals surface area (Å²) < 4.78 is 0. The summed E-state index contributed by atoms with van der Waals surface area (Å²) in [6.07, 6.45) is 2.06. The molecule has 0 atom stereocenters. The van der Waals surface area contributed by atoms with Gasteiger partial charge in [-0.25, -0.2) is 0 Å². The Kier molecular flexibility index (Phi) is 5.62. The van der Waals surface area contributed by atoms with Crippen LogP contribution < -0.4 is 5.32 Å². The zero-order valence-corrected chi connectivity index (χ0v) is 15.8. The zero-order chi connectivity index (χ0) is 18.7. The molecule has 0 unspecified atom stereocenters. The highest BCUT2D eigenvalue weighted by molar-refractivity contribution is 6.31. The SMILES string of the molecule is Cc1ccc(Cl)cc1NC(=O)c1cccc(C(=O)N2CCC(C)CC2)c1. The van der Waals surface area contributed by atoms with Crippen LogP contribution >= 0.6 is 11.6 Å². The molecule has 2 aromatic rings. The summed E-state index contributed by atoms with van der Waals surface area (Å²) in [5, 5.41) is 3.43. The lowest BCUT2D eigenvalue weighted by molar-refractivity contribution is 0.0697. The van der Waals surface area contributed by atoms with Crippen molar-refractivity contribution in [2.75, 3.05) is 18.4 Å². The maximum Gasteiger partial charge on any atom is 0.255 e. The summed E-state index contributed by atoms with van der Waals surface area (Å²) in [6.45, 7) is 5.67. The average Bonchev–Trinajstić information content (AvgIpc) is 2.65. The predicted octanol–water partition coefficient (Wildman–Crippen LogP) is 4.77. The Labute approximate surface area is 159 Å². The number of piperidine rings is 1. The zero-order valence-electron chi connectivity index (χ0n) is 15.1. The largest absolute Gasteiger partial charge is 0.339 e. The first-order valence-corrected chi connectivity index (χ1v) is 9.28. The summed E-state index contributed by atoms with van der Waals surface area (Å²) in [5.74, 6) is 0.403. The fraction of sp³-hybridized carbons (Fsp3) is 0.333. The number of carbonyl (C=O) groups excluding carboxylic acids is 2. The summed E-state index contributed by atoms with van der Waals surface area (Å²) >= 11 is 6.01. The number of anilines is 1. The van der Waals surface area contributed by atoms with Crippen LogP contribution in [0, 0.1) is 12.8 Å². The fourth-order valence-electron chi connectivity index (χ4n) is 3.11. The molecule has 5 heteroatoms. The molecule has 1 aliphatic rings. The van der Waals surface area contributed by atoms with Crippen LogP contribution in [0.1, 0.15) is 46.0 Å². The van der Waals surface area contributed by atoms with Crippen LogP contribution in [0.25, 0.3) is 0 Å². The molecule has 0 radical (unpaired) electrons. The third kappa shape index (κ3) is 4.25. The van der Waals surface area contributed by atoms with E-state index in [0.29, 0.717) is 27.8 Å². The maximum absolute atomic E-state index is 12.7. The van der Waals surface area contributed by atoms with E-state index in [0.717, 1.165) is 31.5 Å². The molecule has 1 heterocycles. The molecular formula is C21H23ClN2O2. The number of nitrogens with zero attached hydrogens (tertiary/aromatic N) is 1. The predicted molar refractivity (Wildman–Crippen MR) is 105 cm³/mol. The van der Waals surface area contributed by atoms with E-state index in [4.69, 9.17) is 11.6 Å². The van der Waals surface area contributed by atoms with Gasteiger partial charge < -0.3 is 10.2 Å². The first kappa shape index (κ1) is 18.5. The second kappa shape index (κ2) is 7.92. The number of nitrogens with one attached hydrogen (secondary N) is 1. The standard InChI is InChI=1S/C21H23ClN2O2/c1-14-8-10-24(11-9-14)21(26)17-5-3-4-16(12-17)20(25)23-19-13-18(22)7-6-15(19)2/h3-7,12-14H,8-11H2,1-2H3,(H,23,25). The Morgan fingerprint density at radius 1 is 1.08 bits per heavy atom. The molecule has 0 bridgehead atoms. The van der Waals surface area contributed by atoms with Gasteiger partial charge in [0.15, 0.2) is 0 Å². The van der Waals surface area contributed by atoms with Crippen LogP contribution in [-0.2, 0) is 0 Å². The van der Waals surface area contributed by atoms with Crippen LogP contribution in [0.4, 0.5) is 5.69 Å². The third-order valence-corrected chi connectivity index (χ3v) is 5.13. The summed E-state index contributed by atoms with van der Waals surface area (Å²) in [5.41, 5.74) is 2.61. The van der Waals surface area contributed by atoms with Gasteiger partial charge in [-0.1, -0.05) is 30.7 Å². The second-order valence-corrected chi connectivity index (χ2v) is 7.41. The lowest BCUT2D eigenvalue weighted by atomic mass is 9.98. The molecule has 1 saturated heterocycles. The van der Waals surface area contributed by atoms with Gasteiger partial charge in [-0.3, -0.25) is 9.59 Å². The molecule has 1 N–H and O–H groups in total. The molecule has 2 aromatic carbocycles. The number of likely N-dealkylation sites (tertiary alicyclic amines) is 1. The van der Waals surface area contributed by atoms with Gasteiger partial charge in [-0.2, -0.15) is 0 Å². The fourth-order valence-corrected chi connectivity index (χ4v) is 3.28. The minimum Gasteiger partial charge on any atom is -0.339 e. The van der Waals surface area contributed by atoms with Crippen LogP contribution in [0.5, 0.6) is 0 Å². The van der Waals surface area contributed by atoms with Crippen LogP contribution in [0.2, 0.25) is 5.02 Å². The summed E-state index contributed by atoms with van der Waals surface area (Å²) in [7, 11) is 0. The Balaban J connectivity index is 1.75. The molecule has 3 rings (SSSR count). The smallest absolute Gasteiger partial charge is 0.255 e. The molecule has 1 aliphatic heterocycles. The number of hydrogen-bond donors (Lipinski definition) is 1. The lowest BCUT2D eigenvalue weighted by Crippen LogP contribution is -2.38. The van der Waals surface area contributed by atoms with Gasteiger partial charge in [0.05, 0.1) is 0 Å². The van der Waals surface area contributed by atoms with Crippen molar-refractivity contribution in [2.24, 2.45) is 5.92 Å². The molecule has 0 saturated carbocycles. The van der Waals surface area contributed by atoms with E-state index in [9.17, 15) is 9.59 Å². The molecular weight excluding hydrogens is 348 g/mol. The van der Waals surface area contributed by atoms with Crippen molar-refractivity contribution in [1.29, 1.82) is 0 Å². The van der Waals surface area contributed by atoms with Crippen molar-refractivity contribution in [3.63, 3.8) is 0 Å². The number of rotatable bonds is 3. The highest BCUT2D eigenvalue weighted by Gasteiger charge is 2.22. The summed E-state index contributed by atoms with van der Waals surface area (Å²) in [6, 6.07) is 12.3. The number of hydrogen-bond acceptors (Lipinski definition) is 2. The van der Waals surface area contributed by atoms with Gasteiger partial charge in [0.2, 0.25) is 0 Å². The molecule has 0 aromatic heterocycles. The van der Waals surface area contributed by atoms with E-state index < -0.39 is 0 Å². The van der Waals surface area contributed by atoms with Crippen LogP contribution in [0.15, 0.2) is 42.5 Å². The van der Waals surface area contributed by atoms with E-state index >= 15 is 0 Å². The minimum absolute atomic E-state index is 0.00881. The molecule has 2 amide bonds. The molecule has 0 aliphatic carbocycles. The highest BCUT2D eigenvalue weighted by atomic mass is 35.5. The quantitative estimate of drug-likeness (QED) is 0.845. The Hall–Kier alpha value is -2.33. The minimum atomic E-state index is -0.253. The van der Waals surface area contributed by atoms with E-state index in [-0.39, 0.29) is 11.8 Å². The van der Waals surface area contributed by atoms with E-state index in [1.54, 1.807) is 36.4 Å². The van der Waals surface area contributed by atoms with Crippen molar-refractivity contribution in [2.45, 2.75) is 26.7 Å². The number of carbonyl (C=O) groups is 2. The average molecular weight is 371 g/mol. The Morgan fingerprint density at radius 3 is 2.50 bits per heavy atom. The normalized spacial score (nSPS) is 15.0. The number of aryl methyl sites for hydroxylation is 1. The van der Waals surface area contributed by atoms with E-state index in [2.05, 4.69) is 12.2 Å². The monoisotopic (exact) mass is 370 g/mol. The molecule has 4 nitrogen and oxygen atoms in total. The van der Waals surface area contributed by atoms with Gasteiger partial charge in [-0.05, 0) is 61.6 Å². The van der Waals surface area contributed by atoms with Crippen molar-refractivity contribution in [1.82, 2.24) is 4.90 Å². The third-order valence-electron chi connectivity index (χ3n) is 4.89. The maximum atomic E-state index is 12.7. The highest BCUT2D eigenvalue weighted by Crippen LogP contribution is 2.22. The van der Waals surface area contributed by atoms with E-state index in [1.807, 2.05) is 17.9 Å². The van der Waals surface area contributed by atoms with Crippen molar-refractivity contribution >= 4 is 29.1 Å². The van der Waals surface area contributed by atoms with Gasteiger partial charge in [-0.15, -0.1) is 0 Å². The van der Waals surface area contributed by atoms with Crippen molar-refractivity contribution in [3.8, 4) is 0 Å². The second-order valence-electron chi connectivity index (χ2n) is 6.97. The molecule has 136 valence electrons. The van der Waals surface area contributed by atoms with E-state index in [1.165, 1.54) is 0 Å².